The van der Waals surface area contributed by atoms with Crippen molar-refractivity contribution >= 4 is 17.5 Å². The summed E-state index contributed by atoms with van der Waals surface area (Å²) >= 11 is 5.82. The number of hydrogen-bond donors (Lipinski definition) is 2. The minimum absolute atomic E-state index is 0.385. The molecule has 1 aliphatic heterocycles. The number of anilines is 1. The standard InChI is InChI=1S/C9H13ClN4O/c1-15-8-7(10)5-12-9(14-8)13-6-2-3-11-4-6/h5-6,11H,2-4H2,1H3,(H,12,13,14)/t6-/m1/s1. The second-order valence-electron chi connectivity index (χ2n) is 3.38. The van der Waals surface area contributed by atoms with Crippen LogP contribution in [-0.4, -0.2) is 36.2 Å². The molecule has 1 saturated heterocycles. The van der Waals surface area contributed by atoms with E-state index in [0.717, 1.165) is 19.5 Å². The zero-order chi connectivity index (χ0) is 10.7. The van der Waals surface area contributed by atoms with Gasteiger partial charge in [0.15, 0.2) is 0 Å². The average molecular weight is 229 g/mol. The van der Waals surface area contributed by atoms with Crippen LogP contribution in [0.25, 0.3) is 0 Å². The molecule has 2 heterocycles. The predicted molar refractivity (Wildman–Crippen MR) is 58.5 cm³/mol. The van der Waals surface area contributed by atoms with Crippen LogP contribution < -0.4 is 15.4 Å². The maximum absolute atomic E-state index is 5.82. The Morgan fingerprint density at radius 2 is 2.53 bits per heavy atom. The summed E-state index contributed by atoms with van der Waals surface area (Å²) < 4.78 is 5.01. The van der Waals surface area contributed by atoms with Crippen LogP contribution in [0.15, 0.2) is 6.20 Å². The van der Waals surface area contributed by atoms with Gasteiger partial charge in [0, 0.05) is 12.6 Å². The lowest BCUT2D eigenvalue weighted by Crippen LogP contribution is -2.23. The van der Waals surface area contributed by atoms with Crippen LogP contribution in [0.1, 0.15) is 6.42 Å². The predicted octanol–water partition coefficient (Wildman–Crippen LogP) is 0.912. The SMILES string of the molecule is COc1nc(N[C@@H]2CCNC2)ncc1Cl. The molecule has 0 saturated carbocycles. The van der Waals surface area contributed by atoms with Crippen LogP contribution in [0.3, 0.4) is 0 Å². The molecule has 0 spiro atoms. The van der Waals surface area contributed by atoms with Crippen LogP contribution in [0.5, 0.6) is 5.88 Å². The third kappa shape index (κ3) is 2.49. The van der Waals surface area contributed by atoms with Gasteiger partial charge in [0.05, 0.1) is 13.3 Å². The molecule has 2 N–H and O–H groups in total. The lowest BCUT2D eigenvalue weighted by molar-refractivity contribution is 0.397. The van der Waals surface area contributed by atoms with E-state index >= 15 is 0 Å². The largest absolute Gasteiger partial charge is 0.480 e. The molecule has 1 atom stereocenters. The Labute approximate surface area is 93.2 Å². The van der Waals surface area contributed by atoms with Crippen molar-refractivity contribution in [3.05, 3.63) is 11.2 Å². The molecule has 2 rings (SSSR count). The Morgan fingerprint density at radius 3 is 3.20 bits per heavy atom. The molecule has 0 aromatic carbocycles. The van der Waals surface area contributed by atoms with Crippen LogP contribution in [0.4, 0.5) is 5.95 Å². The number of nitrogens with one attached hydrogen (secondary N) is 2. The van der Waals surface area contributed by atoms with E-state index < -0.39 is 0 Å². The molecule has 0 amide bonds. The van der Waals surface area contributed by atoms with Crippen LogP contribution in [-0.2, 0) is 0 Å². The fourth-order valence-corrected chi connectivity index (χ4v) is 1.69. The first-order valence-electron chi connectivity index (χ1n) is 4.83. The molecule has 1 aromatic heterocycles. The summed E-state index contributed by atoms with van der Waals surface area (Å²) in [4.78, 5) is 8.24. The summed E-state index contributed by atoms with van der Waals surface area (Å²) in [5.41, 5.74) is 0. The van der Waals surface area contributed by atoms with Crippen molar-refractivity contribution in [3.63, 3.8) is 0 Å². The Morgan fingerprint density at radius 1 is 1.67 bits per heavy atom. The van der Waals surface area contributed by atoms with E-state index in [4.69, 9.17) is 16.3 Å². The highest BCUT2D eigenvalue weighted by Crippen LogP contribution is 2.21. The Bertz CT molecular complexity index is 341. The Hall–Kier alpha value is -1.07. The summed E-state index contributed by atoms with van der Waals surface area (Å²) in [6.45, 7) is 1.97. The summed E-state index contributed by atoms with van der Waals surface area (Å²) in [6, 6.07) is 0.385. The van der Waals surface area contributed by atoms with Crippen LogP contribution in [0, 0.1) is 0 Å². The van der Waals surface area contributed by atoms with Gasteiger partial charge in [0.2, 0.25) is 11.8 Å². The molecular formula is C9H13ClN4O. The van der Waals surface area contributed by atoms with E-state index in [0.29, 0.717) is 22.9 Å². The smallest absolute Gasteiger partial charge is 0.237 e. The lowest BCUT2D eigenvalue weighted by Gasteiger charge is -2.11. The summed E-state index contributed by atoms with van der Waals surface area (Å²) in [5, 5.41) is 6.90. The van der Waals surface area contributed by atoms with Gasteiger partial charge in [-0.2, -0.15) is 4.98 Å². The normalized spacial score (nSPS) is 20.3. The minimum atomic E-state index is 0.385. The van der Waals surface area contributed by atoms with E-state index in [-0.39, 0.29) is 0 Å². The van der Waals surface area contributed by atoms with E-state index in [1.54, 1.807) is 0 Å². The second kappa shape index (κ2) is 4.63. The Kier molecular flexibility index (Phi) is 3.23. The molecule has 1 fully saturated rings. The fraction of sp³-hybridized carbons (Fsp3) is 0.556. The number of halogens is 1. The third-order valence-electron chi connectivity index (χ3n) is 2.30. The first-order chi connectivity index (χ1) is 7.29. The number of aromatic nitrogens is 2. The summed E-state index contributed by atoms with van der Waals surface area (Å²) in [5.74, 6) is 0.963. The van der Waals surface area contributed by atoms with Crippen molar-refractivity contribution in [3.8, 4) is 5.88 Å². The van der Waals surface area contributed by atoms with E-state index in [1.165, 1.54) is 13.3 Å². The highest BCUT2D eigenvalue weighted by Gasteiger charge is 2.15. The molecule has 0 unspecified atom stereocenters. The molecule has 15 heavy (non-hydrogen) atoms. The van der Waals surface area contributed by atoms with E-state index in [9.17, 15) is 0 Å². The van der Waals surface area contributed by atoms with Crippen molar-refractivity contribution in [2.24, 2.45) is 0 Å². The summed E-state index contributed by atoms with van der Waals surface area (Å²) in [7, 11) is 1.54. The maximum Gasteiger partial charge on any atom is 0.237 e. The monoisotopic (exact) mass is 228 g/mol. The van der Waals surface area contributed by atoms with Crippen molar-refractivity contribution in [2.45, 2.75) is 12.5 Å². The minimum Gasteiger partial charge on any atom is -0.480 e. The van der Waals surface area contributed by atoms with Crippen molar-refractivity contribution in [2.75, 3.05) is 25.5 Å². The molecule has 5 nitrogen and oxygen atoms in total. The van der Waals surface area contributed by atoms with Gasteiger partial charge in [0.1, 0.15) is 5.02 Å². The second-order valence-corrected chi connectivity index (χ2v) is 3.79. The average Bonchev–Trinajstić information content (AvgIpc) is 2.73. The van der Waals surface area contributed by atoms with Gasteiger partial charge in [-0.05, 0) is 13.0 Å². The maximum atomic E-state index is 5.82. The van der Waals surface area contributed by atoms with Gasteiger partial charge in [-0.3, -0.25) is 0 Å². The first kappa shape index (κ1) is 10.4. The van der Waals surface area contributed by atoms with Crippen LogP contribution >= 0.6 is 11.6 Å². The first-order valence-corrected chi connectivity index (χ1v) is 5.21. The molecule has 82 valence electrons. The molecule has 6 heteroatoms. The molecule has 0 aliphatic carbocycles. The van der Waals surface area contributed by atoms with Gasteiger partial charge in [-0.1, -0.05) is 11.6 Å². The van der Waals surface area contributed by atoms with Gasteiger partial charge in [-0.15, -0.1) is 0 Å². The van der Waals surface area contributed by atoms with Gasteiger partial charge < -0.3 is 15.4 Å². The van der Waals surface area contributed by atoms with Crippen molar-refractivity contribution in [1.82, 2.24) is 15.3 Å². The molecular weight excluding hydrogens is 216 g/mol. The van der Waals surface area contributed by atoms with Crippen molar-refractivity contribution < 1.29 is 4.74 Å². The zero-order valence-corrected chi connectivity index (χ0v) is 9.21. The number of hydrogen-bond acceptors (Lipinski definition) is 5. The summed E-state index contributed by atoms with van der Waals surface area (Å²) in [6.07, 6.45) is 2.62. The third-order valence-corrected chi connectivity index (χ3v) is 2.56. The number of methoxy groups -OCH3 is 1. The van der Waals surface area contributed by atoms with Crippen LogP contribution in [0.2, 0.25) is 5.02 Å². The highest BCUT2D eigenvalue weighted by atomic mass is 35.5. The van der Waals surface area contributed by atoms with Gasteiger partial charge in [0.25, 0.3) is 0 Å². The topological polar surface area (TPSA) is 59.1 Å². The quantitative estimate of drug-likeness (QED) is 0.806. The van der Waals surface area contributed by atoms with Crippen molar-refractivity contribution in [1.29, 1.82) is 0 Å². The number of ether oxygens (including phenoxy) is 1. The zero-order valence-electron chi connectivity index (χ0n) is 8.46. The lowest BCUT2D eigenvalue weighted by atomic mass is 10.3. The number of nitrogens with zero attached hydrogens (tertiary/aromatic N) is 2. The highest BCUT2D eigenvalue weighted by molar-refractivity contribution is 6.31. The van der Waals surface area contributed by atoms with E-state index in [2.05, 4.69) is 20.6 Å². The Balaban J connectivity index is 2.07. The molecule has 1 aromatic rings. The molecule has 0 radical (unpaired) electrons. The molecule has 0 bridgehead atoms. The fourth-order valence-electron chi connectivity index (χ4n) is 1.52. The van der Waals surface area contributed by atoms with Gasteiger partial charge in [-0.25, -0.2) is 4.98 Å². The van der Waals surface area contributed by atoms with E-state index in [1.807, 2.05) is 0 Å². The molecule has 1 aliphatic rings. The number of rotatable bonds is 3. The van der Waals surface area contributed by atoms with Gasteiger partial charge >= 0.3 is 0 Å².